The Morgan fingerprint density at radius 1 is 0.944 bits per heavy atom. The first-order valence-electron chi connectivity index (χ1n) is 11.1. The molecule has 3 aromatic carbocycles. The number of rotatable bonds is 2. The highest BCUT2D eigenvalue weighted by atomic mass is 79.9. The Labute approximate surface area is 217 Å². The maximum atomic E-state index is 13.4. The normalized spacial score (nSPS) is 14.4. The van der Waals surface area contributed by atoms with Gasteiger partial charge in [-0.2, -0.15) is 0 Å². The standard InChI is InChI=1S/C27H14BrClN4O3/c28-15-11-9-14(10-12-15)24-31-25-22-20(16-5-1-3-7-18(16)29)21-23(36-26(22)30-13-33(25)32-24)17-6-2-4-8-19(17)35-27(21)34/h1-13,20H. The van der Waals surface area contributed by atoms with Gasteiger partial charge in [0.15, 0.2) is 17.2 Å². The lowest BCUT2D eigenvalue weighted by Crippen LogP contribution is -2.22. The predicted octanol–water partition coefficient (Wildman–Crippen LogP) is 6.60. The molecule has 174 valence electrons. The zero-order chi connectivity index (χ0) is 24.4. The van der Waals surface area contributed by atoms with Gasteiger partial charge < -0.3 is 9.15 Å². The first-order chi connectivity index (χ1) is 17.6. The second kappa shape index (κ2) is 8.01. The van der Waals surface area contributed by atoms with Crippen LogP contribution in [0.15, 0.2) is 92.8 Å². The molecule has 0 amide bonds. The summed E-state index contributed by atoms with van der Waals surface area (Å²) in [7, 11) is 0. The van der Waals surface area contributed by atoms with Crippen molar-refractivity contribution in [2.75, 3.05) is 0 Å². The summed E-state index contributed by atoms with van der Waals surface area (Å²) in [5, 5.41) is 5.82. The summed E-state index contributed by atoms with van der Waals surface area (Å²) < 4.78 is 14.6. The van der Waals surface area contributed by atoms with Crippen LogP contribution in [-0.2, 0) is 0 Å². The van der Waals surface area contributed by atoms with Crippen LogP contribution in [0.1, 0.15) is 22.6 Å². The van der Waals surface area contributed by atoms with Crippen molar-refractivity contribution in [3.05, 3.63) is 116 Å². The average Bonchev–Trinajstić information content (AvgIpc) is 3.33. The van der Waals surface area contributed by atoms with Crippen LogP contribution in [-0.4, -0.2) is 19.6 Å². The molecule has 0 saturated heterocycles. The average molecular weight is 558 g/mol. The van der Waals surface area contributed by atoms with Gasteiger partial charge in [-0.3, -0.25) is 0 Å². The van der Waals surface area contributed by atoms with Gasteiger partial charge in [0.25, 0.3) is 0 Å². The molecule has 36 heavy (non-hydrogen) atoms. The first-order valence-corrected chi connectivity index (χ1v) is 12.2. The SMILES string of the molecule is O=c1oc2ccccc2c2c1C(c1ccccc1Cl)c1c(ncn3nc(-c4ccc(Br)cc4)nc13)O2. The van der Waals surface area contributed by atoms with E-state index in [1.807, 2.05) is 60.7 Å². The number of aromatic nitrogens is 4. The molecule has 1 atom stereocenters. The molecule has 9 heteroatoms. The topological polar surface area (TPSA) is 82.5 Å². The van der Waals surface area contributed by atoms with Crippen molar-refractivity contribution < 1.29 is 9.15 Å². The van der Waals surface area contributed by atoms with E-state index in [0.717, 1.165) is 15.6 Å². The van der Waals surface area contributed by atoms with E-state index >= 15 is 0 Å². The van der Waals surface area contributed by atoms with Gasteiger partial charge in [0, 0.05) is 15.1 Å². The van der Waals surface area contributed by atoms with E-state index in [2.05, 4.69) is 26.0 Å². The maximum Gasteiger partial charge on any atom is 0.344 e. The molecule has 3 aromatic heterocycles. The van der Waals surface area contributed by atoms with Crippen LogP contribution in [0.2, 0.25) is 5.02 Å². The monoisotopic (exact) mass is 556 g/mol. The van der Waals surface area contributed by atoms with Gasteiger partial charge in [0.2, 0.25) is 5.88 Å². The molecule has 7 nitrogen and oxygen atoms in total. The van der Waals surface area contributed by atoms with Crippen LogP contribution in [0, 0.1) is 0 Å². The molecule has 1 unspecified atom stereocenters. The van der Waals surface area contributed by atoms with E-state index in [4.69, 9.17) is 25.7 Å². The van der Waals surface area contributed by atoms with Gasteiger partial charge in [0.05, 0.1) is 22.4 Å². The van der Waals surface area contributed by atoms with Crippen molar-refractivity contribution in [3.63, 3.8) is 0 Å². The van der Waals surface area contributed by atoms with Crippen LogP contribution < -0.4 is 10.4 Å². The van der Waals surface area contributed by atoms with Crippen molar-refractivity contribution in [1.29, 1.82) is 0 Å². The van der Waals surface area contributed by atoms with Crippen LogP contribution in [0.5, 0.6) is 11.6 Å². The van der Waals surface area contributed by atoms with Gasteiger partial charge in [-0.25, -0.2) is 19.3 Å². The van der Waals surface area contributed by atoms with Gasteiger partial charge in [0.1, 0.15) is 11.9 Å². The molecular formula is C27H14BrClN4O3. The van der Waals surface area contributed by atoms with E-state index < -0.39 is 11.5 Å². The number of hydrogen-bond acceptors (Lipinski definition) is 6. The van der Waals surface area contributed by atoms with Gasteiger partial charge in [-0.15, -0.1) is 5.10 Å². The van der Waals surface area contributed by atoms with Crippen LogP contribution in [0.3, 0.4) is 0 Å². The Morgan fingerprint density at radius 2 is 1.72 bits per heavy atom. The fourth-order valence-corrected chi connectivity index (χ4v) is 5.18. The van der Waals surface area contributed by atoms with Gasteiger partial charge in [-0.05, 0) is 35.9 Å². The van der Waals surface area contributed by atoms with E-state index in [9.17, 15) is 4.79 Å². The minimum absolute atomic E-state index is 0.338. The molecule has 7 rings (SSSR count). The highest BCUT2D eigenvalue weighted by molar-refractivity contribution is 9.10. The highest BCUT2D eigenvalue weighted by Crippen LogP contribution is 2.50. The molecule has 0 saturated carbocycles. The fraction of sp³-hybridized carbons (Fsp3) is 0.0370. The Morgan fingerprint density at radius 3 is 2.56 bits per heavy atom. The van der Waals surface area contributed by atoms with Crippen LogP contribution in [0.25, 0.3) is 28.0 Å². The number of hydrogen-bond donors (Lipinski definition) is 0. The maximum absolute atomic E-state index is 13.4. The molecule has 0 aliphatic carbocycles. The molecule has 0 radical (unpaired) electrons. The quantitative estimate of drug-likeness (QED) is 0.223. The number of fused-ring (bicyclic) bond motifs is 6. The number of benzene rings is 3. The fourth-order valence-electron chi connectivity index (χ4n) is 4.67. The summed E-state index contributed by atoms with van der Waals surface area (Å²) in [6, 6.07) is 22.4. The first kappa shape index (κ1) is 21.3. The van der Waals surface area contributed by atoms with E-state index in [1.54, 1.807) is 23.0 Å². The predicted molar refractivity (Wildman–Crippen MR) is 139 cm³/mol. The second-order valence-electron chi connectivity index (χ2n) is 8.36. The zero-order valence-electron chi connectivity index (χ0n) is 18.4. The second-order valence-corrected chi connectivity index (χ2v) is 9.68. The number of halogens is 2. The lowest BCUT2D eigenvalue weighted by molar-refractivity contribution is 0.422. The minimum Gasteiger partial charge on any atom is -0.437 e. The Kier molecular flexibility index (Phi) is 4.74. The summed E-state index contributed by atoms with van der Waals surface area (Å²) in [6.07, 6.45) is 1.56. The summed E-state index contributed by atoms with van der Waals surface area (Å²) in [5.41, 5.74) is 2.94. The third-order valence-corrected chi connectivity index (χ3v) is 7.15. The summed E-state index contributed by atoms with van der Waals surface area (Å²) in [5.74, 6) is 0.637. The summed E-state index contributed by atoms with van der Waals surface area (Å²) >= 11 is 10.1. The van der Waals surface area contributed by atoms with Crippen molar-refractivity contribution in [1.82, 2.24) is 19.6 Å². The lowest BCUT2D eigenvalue weighted by Gasteiger charge is -2.27. The van der Waals surface area contributed by atoms with Gasteiger partial charge in [-0.1, -0.05) is 70.0 Å². The molecule has 0 spiro atoms. The number of ether oxygens (including phenoxy) is 1. The molecule has 1 aliphatic heterocycles. The van der Waals surface area contributed by atoms with Crippen LogP contribution >= 0.6 is 27.5 Å². The molecule has 4 heterocycles. The molecule has 0 bridgehead atoms. The van der Waals surface area contributed by atoms with Crippen molar-refractivity contribution in [2.24, 2.45) is 0 Å². The summed E-state index contributed by atoms with van der Waals surface area (Å²) in [4.78, 5) is 22.8. The van der Waals surface area contributed by atoms with E-state index in [1.165, 1.54) is 0 Å². The smallest absolute Gasteiger partial charge is 0.344 e. The molecule has 0 fully saturated rings. The van der Waals surface area contributed by atoms with Gasteiger partial charge >= 0.3 is 5.63 Å². The van der Waals surface area contributed by atoms with Crippen LogP contribution in [0.4, 0.5) is 0 Å². The van der Waals surface area contributed by atoms with E-state index in [0.29, 0.717) is 50.2 Å². The summed E-state index contributed by atoms with van der Waals surface area (Å²) in [6.45, 7) is 0. The lowest BCUT2D eigenvalue weighted by atomic mass is 9.84. The van der Waals surface area contributed by atoms with Crippen molar-refractivity contribution in [3.8, 4) is 23.0 Å². The Hall–Kier alpha value is -4.01. The third-order valence-electron chi connectivity index (χ3n) is 6.28. The van der Waals surface area contributed by atoms with Crippen molar-refractivity contribution >= 4 is 44.1 Å². The highest BCUT2D eigenvalue weighted by Gasteiger charge is 2.38. The molecular weight excluding hydrogens is 544 g/mol. The van der Waals surface area contributed by atoms with Crippen molar-refractivity contribution in [2.45, 2.75) is 5.92 Å². The van der Waals surface area contributed by atoms with E-state index in [-0.39, 0.29) is 0 Å². The minimum atomic E-state index is -0.628. The Balaban J connectivity index is 1.56. The third kappa shape index (κ3) is 3.18. The molecule has 1 aliphatic rings. The largest absolute Gasteiger partial charge is 0.437 e. The molecule has 6 aromatic rings. The zero-order valence-corrected chi connectivity index (χ0v) is 20.7. The number of para-hydroxylation sites is 1. The Bertz CT molecular complexity index is 1880. The molecule has 0 N–H and O–H groups in total. The number of nitrogens with zero attached hydrogens (tertiary/aromatic N) is 4.